The van der Waals surface area contributed by atoms with E-state index in [0.29, 0.717) is 18.1 Å². The normalized spacial score (nSPS) is 12.3. The number of nitrogens with one attached hydrogen (secondary N) is 1. The summed E-state index contributed by atoms with van der Waals surface area (Å²) in [5.41, 5.74) is 1.53. The van der Waals surface area contributed by atoms with Crippen molar-refractivity contribution in [2.45, 2.75) is 65.8 Å². The van der Waals surface area contributed by atoms with E-state index in [1.54, 1.807) is 0 Å². The zero-order chi connectivity index (χ0) is 30.5. The third-order valence-electron chi connectivity index (χ3n) is 6.48. The highest BCUT2D eigenvalue weighted by molar-refractivity contribution is 6.30. The van der Waals surface area contributed by atoms with Gasteiger partial charge in [0.25, 0.3) is 5.91 Å². The third kappa shape index (κ3) is 8.70. The van der Waals surface area contributed by atoms with E-state index in [1.807, 2.05) is 45.9 Å². The summed E-state index contributed by atoms with van der Waals surface area (Å²) < 4.78 is 60.6. The van der Waals surface area contributed by atoms with Crippen molar-refractivity contribution < 1.29 is 37.0 Å². The third-order valence-corrected chi connectivity index (χ3v) is 6.77. The minimum atomic E-state index is -4.84. The number of hydrogen-bond acceptors (Lipinski definition) is 3. The van der Waals surface area contributed by atoms with Gasteiger partial charge in [-0.25, -0.2) is 4.39 Å². The average Bonchev–Trinajstić information content (AvgIpc) is 2.86. The standard InChI is InChI=1S/C31H32ClF4NO4/c1-17(2)11-27(21-13-18(3)12-19(4)14-21)37-30(40)23-15-22(7-5-20(23)6-10-28(38)39)41-16-24-25(31(34,35)36)8-9-26(32)29(24)33/h5,7-9,12-15,17,27H,6,10-11,16H2,1-4H3,(H,37,40)(H,38,39). The number of aryl methyl sites for hydroxylation is 3. The number of ether oxygens (including phenoxy) is 1. The molecule has 3 aromatic rings. The van der Waals surface area contributed by atoms with Gasteiger partial charge >= 0.3 is 12.1 Å². The van der Waals surface area contributed by atoms with Gasteiger partial charge in [0.2, 0.25) is 0 Å². The van der Waals surface area contributed by atoms with Crippen LogP contribution in [0.25, 0.3) is 0 Å². The molecule has 0 saturated carbocycles. The van der Waals surface area contributed by atoms with E-state index < -0.39 is 46.6 Å². The van der Waals surface area contributed by atoms with Crippen LogP contribution in [-0.2, 0) is 24.0 Å². The summed E-state index contributed by atoms with van der Waals surface area (Å²) in [5, 5.41) is 11.7. The Morgan fingerprint density at radius 1 is 1.02 bits per heavy atom. The van der Waals surface area contributed by atoms with E-state index in [1.165, 1.54) is 18.2 Å². The summed E-state index contributed by atoms with van der Waals surface area (Å²) in [5.74, 6) is -2.56. The second kappa shape index (κ2) is 13.4. The van der Waals surface area contributed by atoms with Crippen LogP contribution in [0.2, 0.25) is 5.02 Å². The molecule has 0 radical (unpaired) electrons. The van der Waals surface area contributed by atoms with Crippen LogP contribution < -0.4 is 10.1 Å². The van der Waals surface area contributed by atoms with Gasteiger partial charge in [-0.05, 0) is 68.0 Å². The molecule has 3 aromatic carbocycles. The molecule has 0 spiro atoms. The van der Waals surface area contributed by atoms with Crippen molar-refractivity contribution in [2.24, 2.45) is 5.92 Å². The molecule has 0 aliphatic carbocycles. The molecule has 3 rings (SSSR count). The average molecular weight is 594 g/mol. The molecule has 10 heteroatoms. The van der Waals surface area contributed by atoms with E-state index in [9.17, 15) is 32.3 Å². The molecular weight excluding hydrogens is 562 g/mol. The van der Waals surface area contributed by atoms with Crippen molar-refractivity contribution in [3.63, 3.8) is 0 Å². The number of hydrogen-bond donors (Lipinski definition) is 2. The number of amides is 1. The maximum atomic E-state index is 14.6. The fourth-order valence-corrected chi connectivity index (χ4v) is 4.85. The maximum Gasteiger partial charge on any atom is 0.416 e. The number of carbonyl (C=O) groups excluding carboxylic acids is 1. The molecule has 0 heterocycles. The first-order valence-corrected chi connectivity index (χ1v) is 13.4. The molecule has 41 heavy (non-hydrogen) atoms. The van der Waals surface area contributed by atoms with Crippen molar-refractivity contribution >= 4 is 23.5 Å². The first-order chi connectivity index (χ1) is 19.1. The number of halogens is 5. The molecular formula is C31H32ClF4NO4. The molecule has 0 saturated heterocycles. The lowest BCUT2D eigenvalue weighted by atomic mass is 9.93. The van der Waals surface area contributed by atoms with Gasteiger partial charge in [-0.15, -0.1) is 0 Å². The largest absolute Gasteiger partial charge is 0.489 e. The lowest BCUT2D eigenvalue weighted by molar-refractivity contribution is -0.139. The van der Waals surface area contributed by atoms with Gasteiger partial charge in [0.1, 0.15) is 18.2 Å². The fraction of sp³-hybridized carbons (Fsp3) is 0.355. The van der Waals surface area contributed by atoms with Crippen LogP contribution in [0.4, 0.5) is 17.6 Å². The van der Waals surface area contributed by atoms with Gasteiger partial charge in [-0.3, -0.25) is 9.59 Å². The number of rotatable bonds is 11. The molecule has 1 amide bonds. The Balaban J connectivity index is 1.96. The van der Waals surface area contributed by atoms with Crippen LogP contribution >= 0.6 is 11.6 Å². The molecule has 1 unspecified atom stereocenters. The minimum absolute atomic E-state index is 0.00790. The topological polar surface area (TPSA) is 75.6 Å². The van der Waals surface area contributed by atoms with Crippen molar-refractivity contribution in [1.29, 1.82) is 0 Å². The maximum absolute atomic E-state index is 14.6. The summed E-state index contributed by atoms with van der Waals surface area (Å²) >= 11 is 5.72. The number of alkyl halides is 3. The highest BCUT2D eigenvalue weighted by Crippen LogP contribution is 2.36. The van der Waals surface area contributed by atoms with Crippen molar-refractivity contribution in [3.05, 3.63) is 98.3 Å². The Labute approximate surface area is 241 Å². The number of carboxylic acid groups (broad SMARTS) is 1. The quantitative estimate of drug-likeness (QED) is 0.220. The number of benzene rings is 3. The van der Waals surface area contributed by atoms with Gasteiger partial charge in [0, 0.05) is 17.5 Å². The van der Waals surface area contributed by atoms with Crippen molar-refractivity contribution in [3.8, 4) is 5.75 Å². The molecule has 5 nitrogen and oxygen atoms in total. The first kappa shape index (κ1) is 31.9. The fourth-order valence-electron chi connectivity index (χ4n) is 4.67. The zero-order valence-corrected chi connectivity index (χ0v) is 23.9. The SMILES string of the molecule is Cc1cc(C)cc(C(CC(C)C)NC(=O)c2cc(OCc3c(C(F)(F)F)ccc(Cl)c3F)ccc2CCC(=O)O)c1. The highest BCUT2D eigenvalue weighted by atomic mass is 35.5. The Morgan fingerprint density at radius 3 is 2.27 bits per heavy atom. The number of aliphatic carboxylic acids is 1. The zero-order valence-electron chi connectivity index (χ0n) is 23.2. The molecule has 0 aliphatic heterocycles. The van der Waals surface area contributed by atoms with E-state index >= 15 is 0 Å². The second-order valence-corrected chi connectivity index (χ2v) is 10.9. The second-order valence-electron chi connectivity index (χ2n) is 10.5. The van der Waals surface area contributed by atoms with Crippen LogP contribution in [0.3, 0.4) is 0 Å². The summed E-state index contributed by atoms with van der Waals surface area (Å²) in [6.07, 6.45) is -4.41. The van der Waals surface area contributed by atoms with Crippen molar-refractivity contribution in [1.82, 2.24) is 5.32 Å². The molecule has 1 atom stereocenters. The molecule has 0 fully saturated rings. The van der Waals surface area contributed by atoms with Crippen LogP contribution in [0.5, 0.6) is 5.75 Å². The van der Waals surface area contributed by atoms with E-state index in [-0.39, 0.29) is 36.1 Å². The predicted octanol–water partition coefficient (Wildman–Crippen LogP) is 8.23. The minimum Gasteiger partial charge on any atom is -0.489 e. The summed E-state index contributed by atoms with van der Waals surface area (Å²) in [6.45, 7) is 7.18. The lowest BCUT2D eigenvalue weighted by Gasteiger charge is -2.23. The number of carboxylic acids is 1. The molecule has 0 aliphatic rings. The summed E-state index contributed by atoms with van der Waals surface area (Å²) in [4.78, 5) is 24.9. The van der Waals surface area contributed by atoms with Crippen LogP contribution in [0.1, 0.15) is 76.5 Å². The monoisotopic (exact) mass is 593 g/mol. The van der Waals surface area contributed by atoms with E-state index in [2.05, 4.69) is 5.32 Å². The summed E-state index contributed by atoms with van der Waals surface area (Å²) in [6, 6.07) is 11.4. The van der Waals surface area contributed by atoms with Gasteiger partial charge in [0.15, 0.2) is 0 Å². The van der Waals surface area contributed by atoms with Crippen LogP contribution in [0.15, 0.2) is 48.5 Å². The Morgan fingerprint density at radius 2 is 1.68 bits per heavy atom. The molecule has 0 aromatic heterocycles. The first-order valence-electron chi connectivity index (χ1n) is 13.1. The Hall–Kier alpha value is -3.59. The van der Waals surface area contributed by atoms with Crippen LogP contribution in [-0.4, -0.2) is 17.0 Å². The van der Waals surface area contributed by atoms with Crippen molar-refractivity contribution in [2.75, 3.05) is 0 Å². The van der Waals surface area contributed by atoms with Gasteiger partial charge in [-0.1, -0.05) is 60.8 Å². The predicted molar refractivity (Wildman–Crippen MR) is 149 cm³/mol. The lowest BCUT2D eigenvalue weighted by Crippen LogP contribution is -2.30. The molecule has 2 N–H and O–H groups in total. The smallest absolute Gasteiger partial charge is 0.416 e. The Kier molecular flexibility index (Phi) is 10.4. The van der Waals surface area contributed by atoms with Crippen LogP contribution in [0, 0.1) is 25.6 Å². The molecule has 0 bridgehead atoms. The highest BCUT2D eigenvalue weighted by Gasteiger charge is 2.35. The van der Waals surface area contributed by atoms with E-state index in [0.717, 1.165) is 22.8 Å². The molecule has 220 valence electrons. The Bertz CT molecular complexity index is 1400. The number of carbonyl (C=O) groups is 2. The van der Waals surface area contributed by atoms with Gasteiger partial charge < -0.3 is 15.2 Å². The summed E-state index contributed by atoms with van der Waals surface area (Å²) in [7, 11) is 0. The van der Waals surface area contributed by atoms with E-state index in [4.69, 9.17) is 16.3 Å². The van der Waals surface area contributed by atoms with Gasteiger partial charge in [0.05, 0.1) is 16.6 Å². The van der Waals surface area contributed by atoms with Gasteiger partial charge in [-0.2, -0.15) is 13.2 Å².